The van der Waals surface area contributed by atoms with Crippen LogP contribution in [0.3, 0.4) is 0 Å². The van der Waals surface area contributed by atoms with E-state index in [2.05, 4.69) is 30.1 Å². The van der Waals surface area contributed by atoms with Gasteiger partial charge in [-0.1, -0.05) is 19.4 Å². The molecular formula is C20H26N4. The van der Waals surface area contributed by atoms with Crippen molar-refractivity contribution in [3.8, 4) is 5.69 Å². The van der Waals surface area contributed by atoms with Gasteiger partial charge in [0.25, 0.3) is 0 Å². The molecule has 0 aliphatic heterocycles. The smallest absolute Gasteiger partial charge is 0.0995 e. The third kappa shape index (κ3) is 3.64. The molecule has 0 amide bonds. The number of hydrogen-bond acceptors (Lipinski definition) is 3. The summed E-state index contributed by atoms with van der Waals surface area (Å²) in [6, 6.07) is 4.21. The Hall–Kier alpha value is -2.23. The summed E-state index contributed by atoms with van der Waals surface area (Å²) >= 11 is 0. The first-order chi connectivity index (χ1) is 11.7. The first-order valence-corrected chi connectivity index (χ1v) is 8.95. The number of pyridine rings is 1. The van der Waals surface area contributed by atoms with Crippen molar-refractivity contribution in [3.05, 3.63) is 47.8 Å². The minimum absolute atomic E-state index is 0.883. The highest BCUT2D eigenvalue weighted by Crippen LogP contribution is 2.23. The minimum Gasteiger partial charge on any atom is -0.304 e. The van der Waals surface area contributed by atoms with E-state index in [1.165, 1.54) is 25.0 Å². The Morgan fingerprint density at radius 2 is 2.04 bits per heavy atom. The molecule has 4 nitrogen and oxygen atoms in total. The molecule has 1 saturated carbocycles. The van der Waals surface area contributed by atoms with Gasteiger partial charge in [0.05, 0.1) is 34.8 Å². The molecule has 0 saturated heterocycles. The average molecular weight is 322 g/mol. The molecule has 0 bridgehead atoms. The number of imidazole rings is 1. The lowest BCUT2D eigenvalue weighted by Crippen LogP contribution is -2.06. The van der Waals surface area contributed by atoms with Gasteiger partial charge in [0, 0.05) is 11.9 Å². The second-order valence-electron chi connectivity index (χ2n) is 6.35. The van der Waals surface area contributed by atoms with Gasteiger partial charge in [-0.25, -0.2) is 9.97 Å². The van der Waals surface area contributed by atoms with E-state index < -0.39 is 0 Å². The quantitative estimate of drug-likeness (QED) is 0.803. The van der Waals surface area contributed by atoms with E-state index in [0.29, 0.717) is 0 Å². The number of aryl methyl sites for hydroxylation is 2. The van der Waals surface area contributed by atoms with Crippen LogP contribution in [0.1, 0.15) is 63.0 Å². The molecule has 2 heterocycles. The zero-order valence-electron chi connectivity index (χ0n) is 14.9. The summed E-state index contributed by atoms with van der Waals surface area (Å²) in [5.41, 5.74) is 6.47. The Balaban J connectivity index is 1.93. The topological polar surface area (TPSA) is 43.1 Å². The maximum Gasteiger partial charge on any atom is 0.0995 e. The minimum atomic E-state index is 0.883. The number of aliphatic imine (C=N–C) groups is 1. The number of allylic oxidation sites excluding steroid dienone is 1. The molecule has 4 heteroatoms. The van der Waals surface area contributed by atoms with Crippen molar-refractivity contribution in [2.24, 2.45) is 4.99 Å². The van der Waals surface area contributed by atoms with Crippen LogP contribution in [0, 0.1) is 6.92 Å². The van der Waals surface area contributed by atoms with Crippen LogP contribution in [0.25, 0.3) is 11.4 Å². The second kappa shape index (κ2) is 7.56. The van der Waals surface area contributed by atoms with E-state index in [0.717, 1.165) is 47.7 Å². The van der Waals surface area contributed by atoms with E-state index in [9.17, 15) is 0 Å². The first-order valence-electron chi connectivity index (χ1n) is 8.95. The van der Waals surface area contributed by atoms with Crippen molar-refractivity contribution < 1.29 is 0 Å². The lowest BCUT2D eigenvalue weighted by Gasteiger charge is -2.14. The van der Waals surface area contributed by atoms with Crippen LogP contribution < -0.4 is 0 Å². The number of aromatic nitrogens is 3. The lowest BCUT2D eigenvalue weighted by molar-refractivity contribution is 0.667. The van der Waals surface area contributed by atoms with E-state index in [1.807, 2.05) is 30.9 Å². The van der Waals surface area contributed by atoms with Crippen molar-refractivity contribution >= 4 is 11.4 Å². The van der Waals surface area contributed by atoms with E-state index in [4.69, 9.17) is 9.98 Å². The summed E-state index contributed by atoms with van der Waals surface area (Å²) in [4.78, 5) is 14.1. The molecule has 0 aromatic carbocycles. The molecule has 0 unspecified atom stereocenters. The van der Waals surface area contributed by atoms with Crippen LogP contribution in [0.2, 0.25) is 0 Å². The summed E-state index contributed by atoms with van der Waals surface area (Å²) in [6.45, 7) is 6.19. The van der Waals surface area contributed by atoms with Crippen LogP contribution in [0.15, 0.2) is 35.7 Å². The van der Waals surface area contributed by atoms with Gasteiger partial charge < -0.3 is 4.57 Å². The summed E-state index contributed by atoms with van der Waals surface area (Å²) in [5, 5.41) is 0. The Kier molecular flexibility index (Phi) is 5.24. The summed E-state index contributed by atoms with van der Waals surface area (Å²) in [6.07, 6.45) is 13.0. The lowest BCUT2D eigenvalue weighted by atomic mass is 9.98. The molecule has 0 N–H and O–H groups in total. The fourth-order valence-corrected chi connectivity index (χ4v) is 3.20. The van der Waals surface area contributed by atoms with Crippen LogP contribution in [0.4, 0.5) is 0 Å². The van der Waals surface area contributed by atoms with Gasteiger partial charge in [-0.3, -0.25) is 4.99 Å². The standard InChI is InChI=1S/C20H26N4/c1-4-17(22-16-9-7-6-8-10-16)19-11-12-20(18(5-2)23-19)24-13-15(3)21-14-24/h4,11-14H,5-10H2,1-3H3/b17-4-. The normalized spacial score (nSPS) is 15.6. The predicted octanol–water partition coefficient (Wildman–Crippen LogP) is 4.90. The van der Waals surface area contributed by atoms with Crippen LogP contribution in [-0.2, 0) is 6.42 Å². The van der Waals surface area contributed by atoms with Gasteiger partial charge in [-0.05, 0) is 58.1 Å². The molecule has 2 aromatic heterocycles. The van der Waals surface area contributed by atoms with Crippen LogP contribution >= 0.6 is 0 Å². The molecular weight excluding hydrogens is 296 g/mol. The van der Waals surface area contributed by atoms with Gasteiger partial charge in [0.1, 0.15) is 0 Å². The van der Waals surface area contributed by atoms with Crippen molar-refractivity contribution in [1.29, 1.82) is 0 Å². The Labute approximate surface area is 144 Å². The summed E-state index contributed by atoms with van der Waals surface area (Å²) in [5.74, 6) is 0. The Bertz CT molecular complexity index is 760. The SMILES string of the molecule is C/C=C(\N=C1CCCCC1)c1ccc(-n2cnc(C)c2)c(CC)n1. The molecule has 24 heavy (non-hydrogen) atoms. The number of nitrogens with zero attached hydrogens (tertiary/aromatic N) is 4. The highest BCUT2D eigenvalue weighted by molar-refractivity contribution is 5.90. The summed E-state index contributed by atoms with van der Waals surface area (Å²) in [7, 11) is 0. The summed E-state index contributed by atoms with van der Waals surface area (Å²) < 4.78 is 2.05. The zero-order valence-corrected chi connectivity index (χ0v) is 14.9. The molecule has 1 aliphatic carbocycles. The molecule has 126 valence electrons. The first kappa shape index (κ1) is 16.6. The number of hydrogen-bond donors (Lipinski definition) is 0. The second-order valence-corrected chi connectivity index (χ2v) is 6.35. The monoisotopic (exact) mass is 322 g/mol. The van der Waals surface area contributed by atoms with Gasteiger partial charge in [-0.2, -0.15) is 0 Å². The molecule has 1 aliphatic rings. The third-order valence-electron chi connectivity index (χ3n) is 4.52. The van der Waals surface area contributed by atoms with E-state index in [-0.39, 0.29) is 0 Å². The molecule has 2 aromatic rings. The molecule has 0 spiro atoms. The molecule has 0 atom stereocenters. The molecule has 3 rings (SSSR count). The zero-order chi connectivity index (χ0) is 16.9. The van der Waals surface area contributed by atoms with Crippen molar-refractivity contribution in [2.75, 3.05) is 0 Å². The fourth-order valence-electron chi connectivity index (χ4n) is 3.20. The maximum atomic E-state index is 4.90. The van der Waals surface area contributed by atoms with Gasteiger partial charge in [-0.15, -0.1) is 0 Å². The molecule has 0 radical (unpaired) electrons. The largest absolute Gasteiger partial charge is 0.304 e. The van der Waals surface area contributed by atoms with Crippen molar-refractivity contribution in [2.45, 2.75) is 59.3 Å². The molecule has 1 fully saturated rings. The van der Waals surface area contributed by atoms with Gasteiger partial charge >= 0.3 is 0 Å². The van der Waals surface area contributed by atoms with Gasteiger partial charge in [0.15, 0.2) is 0 Å². The van der Waals surface area contributed by atoms with Crippen LogP contribution in [-0.4, -0.2) is 20.2 Å². The van der Waals surface area contributed by atoms with E-state index >= 15 is 0 Å². The fraction of sp³-hybridized carbons (Fsp3) is 0.450. The van der Waals surface area contributed by atoms with E-state index in [1.54, 1.807) is 0 Å². The average Bonchev–Trinajstić information content (AvgIpc) is 3.06. The maximum absolute atomic E-state index is 4.90. The van der Waals surface area contributed by atoms with Crippen LogP contribution in [0.5, 0.6) is 0 Å². The highest BCUT2D eigenvalue weighted by atomic mass is 15.0. The predicted molar refractivity (Wildman–Crippen MR) is 99.6 cm³/mol. The highest BCUT2D eigenvalue weighted by Gasteiger charge is 2.12. The third-order valence-corrected chi connectivity index (χ3v) is 4.52. The Morgan fingerprint density at radius 1 is 1.25 bits per heavy atom. The Morgan fingerprint density at radius 3 is 2.67 bits per heavy atom. The van der Waals surface area contributed by atoms with Crippen molar-refractivity contribution in [3.63, 3.8) is 0 Å². The number of rotatable bonds is 4. The van der Waals surface area contributed by atoms with Gasteiger partial charge in [0.2, 0.25) is 0 Å². The van der Waals surface area contributed by atoms with Crippen molar-refractivity contribution in [1.82, 2.24) is 14.5 Å².